The number of hydrogen-bond donors (Lipinski definition) is 2. The van der Waals surface area contributed by atoms with Crippen molar-refractivity contribution in [2.75, 3.05) is 5.73 Å². The second-order valence-corrected chi connectivity index (χ2v) is 7.31. The molecule has 2 aromatic rings. The first kappa shape index (κ1) is 15.8. The molecule has 0 unspecified atom stereocenters. The molecule has 0 aliphatic heterocycles. The Hall–Kier alpha value is -1.62. The van der Waals surface area contributed by atoms with Crippen molar-refractivity contribution in [2.45, 2.75) is 52.5 Å². The minimum atomic E-state index is -0.278. The summed E-state index contributed by atoms with van der Waals surface area (Å²) in [6.07, 6.45) is 3.23. The van der Waals surface area contributed by atoms with Gasteiger partial charge in [0.1, 0.15) is 9.71 Å². The van der Waals surface area contributed by atoms with Gasteiger partial charge in [0.15, 0.2) is 0 Å². The molecule has 5 heteroatoms. The first-order chi connectivity index (χ1) is 9.81. The van der Waals surface area contributed by atoms with Crippen LogP contribution in [0.1, 0.15) is 55.9 Å². The van der Waals surface area contributed by atoms with E-state index in [1.54, 1.807) is 0 Å². The van der Waals surface area contributed by atoms with Crippen LogP contribution in [-0.4, -0.2) is 16.4 Å². The van der Waals surface area contributed by atoms with Crippen molar-refractivity contribution in [1.82, 2.24) is 10.3 Å². The molecule has 0 aliphatic carbocycles. The van der Waals surface area contributed by atoms with E-state index in [0.717, 1.165) is 35.2 Å². The second-order valence-electron chi connectivity index (χ2n) is 6.31. The summed E-state index contributed by atoms with van der Waals surface area (Å²) in [5.74, 6) is -0.127. The number of anilines is 1. The lowest BCUT2D eigenvalue weighted by Crippen LogP contribution is -2.40. The van der Waals surface area contributed by atoms with E-state index in [1.807, 2.05) is 32.9 Å². The minimum absolute atomic E-state index is 0.127. The SMILES string of the molecule is CCCCc1ccc2c(N)c(C(=O)NC(C)(C)C)sc2n1. The Balaban J connectivity index is 2.34. The van der Waals surface area contributed by atoms with Crippen LogP contribution in [0.25, 0.3) is 10.2 Å². The average Bonchev–Trinajstić information content (AvgIpc) is 2.71. The molecular weight excluding hydrogens is 282 g/mol. The molecule has 0 bridgehead atoms. The number of pyridine rings is 1. The van der Waals surface area contributed by atoms with Crippen LogP contribution in [-0.2, 0) is 6.42 Å². The average molecular weight is 305 g/mol. The first-order valence-electron chi connectivity index (χ1n) is 7.32. The molecule has 0 aromatic carbocycles. The monoisotopic (exact) mass is 305 g/mol. The number of unbranched alkanes of at least 4 members (excludes halogenated alkanes) is 1. The molecule has 0 aliphatic rings. The number of amides is 1. The van der Waals surface area contributed by atoms with Crippen molar-refractivity contribution < 1.29 is 4.79 Å². The van der Waals surface area contributed by atoms with Crippen molar-refractivity contribution in [3.63, 3.8) is 0 Å². The van der Waals surface area contributed by atoms with E-state index in [9.17, 15) is 4.79 Å². The van der Waals surface area contributed by atoms with Crippen molar-refractivity contribution in [2.24, 2.45) is 0 Å². The van der Waals surface area contributed by atoms with Gasteiger partial charge in [-0.3, -0.25) is 4.79 Å². The fourth-order valence-electron chi connectivity index (χ4n) is 2.10. The Morgan fingerprint density at radius 3 is 2.71 bits per heavy atom. The Bertz CT molecular complexity index is 655. The normalized spacial score (nSPS) is 11.8. The molecule has 0 radical (unpaired) electrons. The van der Waals surface area contributed by atoms with Gasteiger partial charge >= 0.3 is 0 Å². The third-order valence-electron chi connectivity index (χ3n) is 3.13. The zero-order chi connectivity index (χ0) is 15.6. The number of thiophene rings is 1. The van der Waals surface area contributed by atoms with Crippen molar-refractivity contribution in [3.05, 3.63) is 22.7 Å². The van der Waals surface area contributed by atoms with E-state index >= 15 is 0 Å². The van der Waals surface area contributed by atoms with Gasteiger partial charge in [-0.25, -0.2) is 4.98 Å². The molecule has 0 saturated carbocycles. The van der Waals surface area contributed by atoms with Gasteiger partial charge < -0.3 is 11.1 Å². The van der Waals surface area contributed by atoms with Gasteiger partial charge in [-0.2, -0.15) is 0 Å². The topological polar surface area (TPSA) is 68.0 Å². The fraction of sp³-hybridized carbons (Fsp3) is 0.500. The Kier molecular flexibility index (Phi) is 4.52. The number of aryl methyl sites for hydroxylation is 1. The maximum atomic E-state index is 12.3. The zero-order valence-corrected chi connectivity index (χ0v) is 13.9. The van der Waals surface area contributed by atoms with E-state index in [0.29, 0.717) is 10.6 Å². The molecule has 4 nitrogen and oxygen atoms in total. The highest BCUT2D eigenvalue weighted by molar-refractivity contribution is 7.21. The summed E-state index contributed by atoms with van der Waals surface area (Å²) in [5.41, 5.74) is 7.44. The van der Waals surface area contributed by atoms with Gasteiger partial charge in [0, 0.05) is 16.6 Å². The van der Waals surface area contributed by atoms with Crippen LogP contribution in [0.5, 0.6) is 0 Å². The Labute approximate surface area is 129 Å². The number of hydrogen-bond acceptors (Lipinski definition) is 4. The lowest BCUT2D eigenvalue weighted by molar-refractivity contribution is 0.0924. The Morgan fingerprint density at radius 2 is 2.10 bits per heavy atom. The van der Waals surface area contributed by atoms with Crippen LogP contribution < -0.4 is 11.1 Å². The zero-order valence-electron chi connectivity index (χ0n) is 13.1. The summed E-state index contributed by atoms with van der Waals surface area (Å²) in [7, 11) is 0. The lowest BCUT2D eigenvalue weighted by atomic mass is 10.1. The molecular formula is C16H23N3OS. The summed E-state index contributed by atoms with van der Waals surface area (Å²) in [4.78, 5) is 18.3. The first-order valence-corrected chi connectivity index (χ1v) is 8.14. The van der Waals surface area contributed by atoms with Crippen LogP contribution in [0, 0.1) is 0 Å². The summed E-state index contributed by atoms with van der Waals surface area (Å²) in [6.45, 7) is 8.02. The number of nitrogen functional groups attached to an aromatic ring is 1. The van der Waals surface area contributed by atoms with Gasteiger partial charge in [-0.05, 0) is 45.7 Å². The van der Waals surface area contributed by atoms with Gasteiger partial charge in [-0.1, -0.05) is 13.3 Å². The maximum Gasteiger partial charge on any atom is 0.263 e. The van der Waals surface area contributed by atoms with Gasteiger partial charge in [-0.15, -0.1) is 11.3 Å². The highest BCUT2D eigenvalue weighted by Gasteiger charge is 2.21. The molecule has 2 aromatic heterocycles. The molecule has 0 atom stereocenters. The van der Waals surface area contributed by atoms with E-state index in [-0.39, 0.29) is 11.4 Å². The molecule has 114 valence electrons. The highest BCUT2D eigenvalue weighted by atomic mass is 32.1. The predicted molar refractivity (Wildman–Crippen MR) is 89.9 cm³/mol. The number of nitrogens with zero attached hydrogens (tertiary/aromatic N) is 1. The smallest absolute Gasteiger partial charge is 0.263 e. The van der Waals surface area contributed by atoms with E-state index < -0.39 is 0 Å². The minimum Gasteiger partial charge on any atom is -0.397 e. The quantitative estimate of drug-likeness (QED) is 0.904. The van der Waals surface area contributed by atoms with E-state index in [1.165, 1.54) is 11.3 Å². The largest absolute Gasteiger partial charge is 0.397 e. The van der Waals surface area contributed by atoms with Crippen LogP contribution in [0.3, 0.4) is 0 Å². The summed E-state index contributed by atoms with van der Waals surface area (Å²) in [5, 5.41) is 3.82. The van der Waals surface area contributed by atoms with E-state index in [4.69, 9.17) is 5.73 Å². The Morgan fingerprint density at radius 1 is 1.38 bits per heavy atom. The molecule has 1 amide bonds. The maximum absolute atomic E-state index is 12.3. The number of nitrogens with two attached hydrogens (primary N) is 1. The van der Waals surface area contributed by atoms with Crippen LogP contribution >= 0.6 is 11.3 Å². The third-order valence-corrected chi connectivity index (χ3v) is 4.25. The van der Waals surface area contributed by atoms with Crippen molar-refractivity contribution >= 4 is 33.1 Å². The van der Waals surface area contributed by atoms with Crippen molar-refractivity contribution in [1.29, 1.82) is 0 Å². The highest BCUT2D eigenvalue weighted by Crippen LogP contribution is 2.33. The number of carbonyl (C=O) groups excluding carboxylic acids is 1. The predicted octanol–water partition coefficient (Wildman–Crippen LogP) is 3.75. The molecule has 21 heavy (non-hydrogen) atoms. The molecule has 0 fully saturated rings. The third kappa shape index (κ3) is 3.73. The molecule has 0 spiro atoms. The molecule has 2 rings (SSSR count). The van der Waals surface area contributed by atoms with Gasteiger partial charge in [0.2, 0.25) is 0 Å². The summed E-state index contributed by atoms with van der Waals surface area (Å²) < 4.78 is 0. The molecule has 0 saturated heterocycles. The number of aromatic nitrogens is 1. The summed E-state index contributed by atoms with van der Waals surface area (Å²) in [6, 6.07) is 3.99. The van der Waals surface area contributed by atoms with Crippen LogP contribution in [0.2, 0.25) is 0 Å². The standard InChI is InChI=1S/C16H23N3OS/c1-5-6-7-10-8-9-11-12(17)13(21-15(11)18-10)14(20)19-16(2,3)4/h8-9H,5-7,17H2,1-4H3,(H,19,20). The number of nitrogens with one attached hydrogen (secondary N) is 1. The second kappa shape index (κ2) is 6.02. The van der Waals surface area contributed by atoms with Crippen molar-refractivity contribution in [3.8, 4) is 0 Å². The number of fused-ring (bicyclic) bond motifs is 1. The summed E-state index contributed by atoms with van der Waals surface area (Å²) >= 11 is 1.37. The number of carbonyl (C=O) groups is 1. The van der Waals surface area contributed by atoms with E-state index in [2.05, 4.69) is 17.2 Å². The van der Waals surface area contributed by atoms with Gasteiger partial charge in [0.05, 0.1) is 5.69 Å². The fourth-order valence-corrected chi connectivity index (χ4v) is 3.11. The van der Waals surface area contributed by atoms with Gasteiger partial charge in [0.25, 0.3) is 5.91 Å². The lowest BCUT2D eigenvalue weighted by Gasteiger charge is -2.19. The van der Waals surface area contributed by atoms with Crippen LogP contribution in [0.15, 0.2) is 12.1 Å². The van der Waals surface area contributed by atoms with Crippen LogP contribution in [0.4, 0.5) is 5.69 Å². The molecule has 3 N–H and O–H groups in total. The molecule has 2 heterocycles. The number of rotatable bonds is 4.